The first-order valence-corrected chi connectivity index (χ1v) is 7.39. The van der Waals surface area contributed by atoms with Crippen molar-refractivity contribution in [3.05, 3.63) is 57.2 Å². The van der Waals surface area contributed by atoms with Crippen molar-refractivity contribution in [2.75, 3.05) is 7.05 Å². The van der Waals surface area contributed by atoms with E-state index >= 15 is 0 Å². The molecule has 0 unspecified atom stereocenters. The van der Waals surface area contributed by atoms with Crippen LogP contribution in [0.3, 0.4) is 0 Å². The summed E-state index contributed by atoms with van der Waals surface area (Å²) in [7, 11) is 1.53. The molecule has 0 atom stereocenters. The molecule has 8 heteroatoms. The number of thioether (sulfide) groups is 1. The number of carbonyl (C=O) groups excluding carboxylic acids is 1. The van der Waals surface area contributed by atoms with Crippen LogP contribution in [0.15, 0.2) is 45.7 Å². The van der Waals surface area contributed by atoms with E-state index in [-0.39, 0.29) is 16.8 Å². The molecule has 0 spiro atoms. The molecule has 0 radical (unpaired) electrons. The van der Waals surface area contributed by atoms with Gasteiger partial charge in [0.25, 0.3) is 11.6 Å². The molecule has 23 heavy (non-hydrogen) atoms. The Kier molecular flexibility index (Phi) is 3.75. The van der Waals surface area contributed by atoms with Crippen molar-refractivity contribution >= 4 is 34.6 Å². The molecule has 0 saturated carbocycles. The molecule has 1 aromatic carbocycles. The Morgan fingerprint density at radius 3 is 2.70 bits per heavy atom. The lowest BCUT2D eigenvalue weighted by atomic mass is 10.1. The fourth-order valence-corrected chi connectivity index (χ4v) is 2.94. The zero-order chi connectivity index (χ0) is 16.6. The Balaban J connectivity index is 1.95. The number of nitro groups is 1. The normalized spacial score (nSPS) is 16.4. The van der Waals surface area contributed by atoms with Crippen molar-refractivity contribution in [2.24, 2.45) is 0 Å². The van der Waals surface area contributed by atoms with Crippen LogP contribution in [0.1, 0.15) is 5.76 Å². The number of amidine groups is 1. The topological polar surface area (TPSA) is 100 Å². The van der Waals surface area contributed by atoms with Gasteiger partial charge in [0.1, 0.15) is 11.5 Å². The summed E-state index contributed by atoms with van der Waals surface area (Å²) >= 11 is 1.04. The zero-order valence-corrected chi connectivity index (χ0v) is 12.8. The van der Waals surface area contributed by atoms with E-state index in [1.165, 1.54) is 24.1 Å². The second-order valence-corrected chi connectivity index (χ2v) is 5.79. The molecule has 3 rings (SSSR count). The Hall–Kier alpha value is -2.87. The van der Waals surface area contributed by atoms with E-state index in [2.05, 4.69) is 0 Å². The molecule has 0 aliphatic carbocycles. The molecule has 1 aromatic heterocycles. The van der Waals surface area contributed by atoms with Gasteiger partial charge in [-0.3, -0.25) is 25.2 Å². The third kappa shape index (κ3) is 2.76. The van der Waals surface area contributed by atoms with E-state index < -0.39 is 4.92 Å². The van der Waals surface area contributed by atoms with E-state index in [0.717, 1.165) is 11.8 Å². The number of hydrogen-bond donors (Lipinski definition) is 1. The van der Waals surface area contributed by atoms with Gasteiger partial charge in [0.05, 0.1) is 15.4 Å². The molecule has 1 aliphatic heterocycles. The lowest BCUT2D eigenvalue weighted by molar-refractivity contribution is -0.384. The van der Waals surface area contributed by atoms with Crippen LogP contribution >= 0.6 is 11.8 Å². The van der Waals surface area contributed by atoms with Gasteiger partial charge in [0, 0.05) is 19.2 Å². The van der Waals surface area contributed by atoms with Crippen LogP contribution in [0.2, 0.25) is 0 Å². The minimum Gasteiger partial charge on any atom is -0.456 e. The predicted octanol–water partition coefficient (Wildman–Crippen LogP) is 3.34. The Labute approximate surface area is 135 Å². The molecule has 1 N–H and O–H groups in total. The molecule has 0 bridgehead atoms. The third-order valence-corrected chi connectivity index (χ3v) is 4.27. The minimum atomic E-state index is -0.470. The van der Waals surface area contributed by atoms with Crippen molar-refractivity contribution < 1.29 is 14.1 Å². The Bertz CT molecular complexity index is 856. The highest BCUT2D eigenvalue weighted by Crippen LogP contribution is 2.34. The van der Waals surface area contributed by atoms with Crippen LogP contribution < -0.4 is 0 Å². The summed E-state index contributed by atoms with van der Waals surface area (Å²) in [6, 6.07) is 9.54. The number of benzene rings is 1. The fraction of sp³-hybridized carbons (Fsp3) is 0.0667. The van der Waals surface area contributed by atoms with Gasteiger partial charge >= 0.3 is 0 Å². The van der Waals surface area contributed by atoms with E-state index in [4.69, 9.17) is 9.83 Å². The number of nitrogens with one attached hydrogen (secondary N) is 1. The predicted molar refractivity (Wildman–Crippen MR) is 86.9 cm³/mol. The smallest absolute Gasteiger partial charge is 0.280 e. The Morgan fingerprint density at radius 2 is 2.04 bits per heavy atom. The maximum Gasteiger partial charge on any atom is 0.280 e. The van der Waals surface area contributed by atoms with Crippen molar-refractivity contribution in [1.29, 1.82) is 5.41 Å². The number of carbonyl (C=O) groups is 1. The molecule has 1 fully saturated rings. The van der Waals surface area contributed by atoms with Gasteiger partial charge in [-0.2, -0.15) is 0 Å². The molecular formula is C15H11N3O4S. The maximum absolute atomic E-state index is 11.9. The van der Waals surface area contributed by atoms with Crippen molar-refractivity contribution in [3.8, 4) is 11.3 Å². The average molecular weight is 329 g/mol. The van der Waals surface area contributed by atoms with Crippen LogP contribution in [0.5, 0.6) is 0 Å². The number of furan rings is 1. The van der Waals surface area contributed by atoms with Crippen LogP contribution in [-0.2, 0) is 4.79 Å². The van der Waals surface area contributed by atoms with Gasteiger partial charge in [0.15, 0.2) is 5.17 Å². The van der Waals surface area contributed by atoms with Crippen molar-refractivity contribution in [2.45, 2.75) is 0 Å². The second kappa shape index (κ2) is 5.73. The van der Waals surface area contributed by atoms with E-state index in [9.17, 15) is 14.9 Å². The fourth-order valence-electron chi connectivity index (χ4n) is 2.11. The summed E-state index contributed by atoms with van der Waals surface area (Å²) in [4.78, 5) is 24.1. The maximum atomic E-state index is 11.9. The summed E-state index contributed by atoms with van der Waals surface area (Å²) in [5.74, 6) is 0.476. The highest BCUT2D eigenvalue weighted by Gasteiger charge is 2.29. The van der Waals surface area contributed by atoms with Gasteiger partial charge in [-0.05, 0) is 30.0 Å². The highest BCUT2D eigenvalue weighted by molar-refractivity contribution is 8.18. The van der Waals surface area contributed by atoms with Gasteiger partial charge in [-0.1, -0.05) is 12.1 Å². The van der Waals surface area contributed by atoms with Crippen molar-refractivity contribution in [3.63, 3.8) is 0 Å². The molecular weight excluding hydrogens is 318 g/mol. The average Bonchev–Trinajstić information content (AvgIpc) is 3.09. The number of likely N-dealkylation sites (N-methyl/N-ethyl adjacent to an activating group) is 1. The zero-order valence-electron chi connectivity index (χ0n) is 12.0. The largest absolute Gasteiger partial charge is 0.456 e. The van der Waals surface area contributed by atoms with Gasteiger partial charge in [0.2, 0.25) is 0 Å². The molecule has 2 aromatic rings. The molecule has 2 heterocycles. The molecule has 1 amide bonds. The molecule has 7 nitrogen and oxygen atoms in total. The van der Waals surface area contributed by atoms with Crippen LogP contribution in [0.4, 0.5) is 5.69 Å². The summed E-state index contributed by atoms with van der Waals surface area (Å²) in [5.41, 5.74) is 0.325. The van der Waals surface area contributed by atoms with Crippen LogP contribution in [0, 0.1) is 15.5 Å². The summed E-state index contributed by atoms with van der Waals surface area (Å²) in [6.07, 6.45) is 1.53. The Morgan fingerprint density at radius 1 is 1.30 bits per heavy atom. The first-order valence-electron chi connectivity index (χ1n) is 6.57. The van der Waals surface area contributed by atoms with Gasteiger partial charge < -0.3 is 4.42 Å². The van der Waals surface area contributed by atoms with Gasteiger partial charge in [-0.25, -0.2) is 0 Å². The summed E-state index contributed by atoms with van der Waals surface area (Å²) in [5, 5.41) is 18.8. The van der Waals surface area contributed by atoms with Crippen molar-refractivity contribution in [1.82, 2.24) is 4.90 Å². The first kappa shape index (κ1) is 15.0. The number of nitrogens with zero attached hydrogens (tertiary/aromatic N) is 2. The number of nitro benzene ring substituents is 1. The number of para-hydroxylation sites is 1. The van der Waals surface area contributed by atoms with Crippen LogP contribution in [0.25, 0.3) is 17.4 Å². The highest BCUT2D eigenvalue weighted by atomic mass is 32.2. The van der Waals surface area contributed by atoms with E-state index in [0.29, 0.717) is 22.0 Å². The minimum absolute atomic E-state index is 0.0473. The van der Waals surface area contributed by atoms with Gasteiger partial charge in [-0.15, -0.1) is 0 Å². The molecule has 116 valence electrons. The molecule has 1 aliphatic rings. The number of hydrogen-bond acceptors (Lipinski definition) is 6. The lowest BCUT2D eigenvalue weighted by Gasteiger charge is -2.03. The number of amides is 1. The lowest BCUT2D eigenvalue weighted by Crippen LogP contribution is -2.22. The molecule has 1 saturated heterocycles. The summed E-state index contributed by atoms with van der Waals surface area (Å²) in [6.45, 7) is 0. The standard InChI is InChI=1S/C15H11N3O4S/c1-17-14(19)13(23-15(17)16)8-9-6-7-12(22-9)10-4-2-3-5-11(10)18(20)21/h2-8,16H,1H3/b13-8-,16-15?. The second-order valence-electron chi connectivity index (χ2n) is 4.76. The van der Waals surface area contributed by atoms with E-state index in [1.54, 1.807) is 30.3 Å². The van der Waals surface area contributed by atoms with E-state index in [1.807, 2.05) is 0 Å². The summed E-state index contributed by atoms with van der Waals surface area (Å²) < 4.78 is 5.61. The van der Waals surface area contributed by atoms with Crippen LogP contribution in [-0.4, -0.2) is 27.9 Å². The monoisotopic (exact) mass is 329 g/mol. The first-order chi connectivity index (χ1) is 11.0. The SMILES string of the molecule is CN1C(=N)S/C(=C\c2ccc(-c3ccccc3[N+](=O)[O-])o2)C1=O. The number of rotatable bonds is 3. The quantitative estimate of drug-likeness (QED) is 0.529. The third-order valence-electron chi connectivity index (χ3n) is 3.29.